The van der Waals surface area contributed by atoms with Crippen molar-refractivity contribution >= 4 is 15.9 Å². The number of pyridine rings is 1. The van der Waals surface area contributed by atoms with Crippen LogP contribution in [0.2, 0.25) is 0 Å². The molecule has 0 aliphatic carbocycles. The third-order valence-electron chi connectivity index (χ3n) is 2.76. The van der Waals surface area contributed by atoms with Crippen LogP contribution in [0, 0.1) is 12.8 Å². The van der Waals surface area contributed by atoms with Gasteiger partial charge in [0, 0.05) is 30.2 Å². The van der Waals surface area contributed by atoms with Gasteiger partial charge in [-0.1, -0.05) is 13.8 Å². The molecular weight excluding hydrogens is 304 g/mol. The fourth-order valence-corrected chi connectivity index (χ4v) is 2.14. The highest BCUT2D eigenvalue weighted by molar-refractivity contribution is 9.10. The molecule has 0 aromatic carbocycles. The largest absolute Gasteiger partial charge is 0.312 e. The Labute approximate surface area is 122 Å². The fourth-order valence-electron chi connectivity index (χ4n) is 1.85. The summed E-state index contributed by atoms with van der Waals surface area (Å²) in [6, 6.07) is 2.06. The Morgan fingerprint density at radius 2 is 2.16 bits per heavy atom. The molecule has 0 amide bonds. The van der Waals surface area contributed by atoms with Crippen LogP contribution in [0.25, 0.3) is 5.69 Å². The maximum Gasteiger partial charge on any atom is 0.0724 e. The summed E-state index contributed by atoms with van der Waals surface area (Å²) in [6.45, 7) is 8.19. The third-order valence-corrected chi connectivity index (χ3v) is 3.17. The Hall–Kier alpha value is -1.20. The summed E-state index contributed by atoms with van der Waals surface area (Å²) < 4.78 is 2.86. The maximum atomic E-state index is 4.38. The number of aromatic nitrogens is 3. The summed E-state index contributed by atoms with van der Waals surface area (Å²) in [4.78, 5) is 4.38. The first-order valence-electron chi connectivity index (χ1n) is 6.43. The van der Waals surface area contributed by atoms with E-state index in [0.717, 1.165) is 34.5 Å². The van der Waals surface area contributed by atoms with Gasteiger partial charge in [0.25, 0.3) is 0 Å². The molecule has 0 fully saturated rings. The average molecular weight is 323 g/mol. The van der Waals surface area contributed by atoms with Crippen LogP contribution in [0.3, 0.4) is 0 Å². The molecule has 19 heavy (non-hydrogen) atoms. The van der Waals surface area contributed by atoms with Crippen LogP contribution in [0.1, 0.15) is 25.1 Å². The second-order valence-electron chi connectivity index (χ2n) is 5.08. The van der Waals surface area contributed by atoms with Gasteiger partial charge in [-0.05, 0) is 41.4 Å². The molecule has 2 heterocycles. The summed E-state index contributed by atoms with van der Waals surface area (Å²) in [7, 11) is 0. The quantitative estimate of drug-likeness (QED) is 0.919. The van der Waals surface area contributed by atoms with Crippen LogP contribution in [-0.2, 0) is 6.54 Å². The van der Waals surface area contributed by atoms with Gasteiger partial charge < -0.3 is 5.32 Å². The van der Waals surface area contributed by atoms with Gasteiger partial charge in [-0.3, -0.25) is 4.98 Å². The molecular formula is C14H19BrN4. The minimum atomic E-state index is 0.640. The Kier molecular flexibility index (Phi) is 4.71. The van der Waals surface area contributed by atoms with Crippen molar-refractivity contribution in [3.05, 3.63) is 40.4 Å². The van der Waals surface area contributed by atoms with Crippen molar-refractivity contribution in [3.63, 3.8) is 0 Å². The summed E-state index contributed by atoms with van der Waals surface area (Å²) >= 11 is 3.43. The minimum absolute atomic E-state index is 0.640. The maximum absolute atomic E-state index is 4.38. The summed E-state index contributed by atoms with van der Waals surface area (Å²) in [5, 5.41) is 7.79. The Bertz CT molecular complexity index is 548. The molecule has 2 aromatic rings. The van der Waals surface area contributed by atoms with E-state index in [-0.39, 0.29) is 0 Å². The molecule has 2 aromatic heterocycles. The van der Waals surface area contributed by atoms with Gasteiger partial charge in [0.2, 0.25) is 0 Å². The number of halogens is 1. The SMILES string of the molecule is Cc1cc(-n2cc(Br)cn2)c(CNCC(C)C)cn1. The van der Waals surface area contributed by atoms with Crippen molar-refractivity contribution in [2.45, 2.75) is 27.3 Å². The number of rotatable bonds is 5. The smallest absolute Gasteiger partial charge is 0.0724 e. The van der Waals surface area contributed by atoms with Gasteiger partial charge >= 0.3 is 0 Å². The van der Waals surface area contributed by atoms with E-state index >= 15 is 0 Å². The molecule has 0 radical (unpaired) electrons. The summed E-state index contributed by atoms with van der Waals surface area (Å²) in [6.07, 6.45) is 5.68. The number of hydrogen-bond acceptors (Lipinski definition) is 3. The van der Waals surface area contributed by atoms with Crippen molar-refractivity contribution < 1.29 is 0 Å². The predicted molar refractivity (Wildman–Crippen MR) is 80.3 cm³/mol. The molecule has 5 heteroatoms. The van der Waals surface area contributed by atoms with E-state index in [4.69, 9.17) is 0 Å². The fraction of sp³-hybridized carbons (Fsp3) is 0.429. The van der Waals surface area contributed by atoms with Crippen molar-refractivity contribution in [1.82, 2.24) is 20.1 Å². The number of hydrogen-bond donors (Lipinski definition) is 1. The van der Waals surface area contributed by atoms with Crippen LogP contribution < -0.4 is 5.32 Å². The molecule has 0 saturated carbocycles. The van der Waals surface area contributed by atoms with Crippen LogP contribution in [0.4, 0.5) is 0 Å². The highest BCUT2D eigenvalue weighted by atomic mass is 79.9. The summed E-state index contributed by atoms with van der Waals surface area (Å²) in [5.74, 6) is 0.640. The number of nitrogens with one attached hydrogen (secondary N) is 1. The van der Waals surface area contributed by atoms with Gasteiger partial charge in [0.1, 0.15) is 0 Å². The second kappa shape index (κ2) is 6.30. The van der Waals surface area contributed by atoms with Gasteiger partial charge in [0.15, 0.2) is 0 Å². The standard InChI is InChI=1S/C14H19BrN4/c1-10(2)5-16-6-12-7-17-11(3)4-14(12)19-9-13(15)8-18-19/h4,7-10,16H,5-6H2,1-3H3. The molecule has 0 aliphatic rings. The Morgan fingerprint density at radius 3 is 2.79 bits per heavy atom. The molecule has 102 valence electrons. The van der Waals surface area contributed by atoms with E-state index in [2.05, 4.69) is 51.2 Å². The lowest BCUT2D eigenvalue weighted by Crippen LogP contribution is -2.20. The molecule has 0 unspecified atom stereocenters. The van der Waals surface area contributed by atoms with Gasteiger partial charge in [-0.25, -0.2) is 4.68 Å². The van der Waals surface area contributed by atoms with Crippen LogP contribution >= 0.6 is 15.9 Å². The molecule has 1 N–H and O–H groups in total. The highest BCUT2D eigenvalue weighted by Crippen LogP contribution is 2.17. The lowest BCUT2D eigenvalue weighted by atomic mass is 10.2. The van der Waals surface area contributed by atoms with Gasteiger partial charge in [-0.2, -0.15) is 5.10 Å². The molecule has 0 saturated heterocycles. The van der Waals surface area contributed by atoms with Crippen molar-refractivity contribution in [2.24, 2.45) is 5.92 Å². The third kappa shape index (κ3) is 3.88. The van der Waals surface area contributed by atoms with E-state index in [0.29, 0.717) is 5.92 Å². The Balaban J connectivity index is 2.23. The first kappa shape index (κ1) is 14.2. The molecule has 4 nitrogen and oxygen atoms in total. The van der Waals surface area contributed by atoms with Crippen molar-refractivity contribution in [1.29, 1.82) is 0 Å². The Morgan fingerprint density at radius 1 is 1.37 bits per heavy atom. The first-order valence-corrected chi connectivity index (χ1v) is 7.22. The molecule has 2 rings (SSSR count). The zero-order valence-corrected chi connectivity index (χ0v) is 13.1. The van der Waals surface area contributed by atoms with Gasteiger partial charge in [0.05, 0.1) is 16.4 Å². The highest BCUT2D eigenvalue weighted by Gasteiger charge is 2.07. The first-order chi connectivity index (χ1) is 9.06. The monoisotopic (exact) mass is 322 g/mol. The van der Waals surface area contributed by atoms with E-state index in [1.165, 1.54) is 0 Å². The van der Waals surface area contributed by atoms with E-state index in [1.54, 1.807) is 6.20 Å². The lowest BCUT2D eigenvalue weighted by molar-refractivity contribution is 0.550. The van der Waals surface area contributed by atoms with Crippen LogP contribution in [0.15, 0.2) is 29.1 Å². The van der Waals surface area contributed by atoms with Crippen LogP contribution in [-0.4, -0.2) is 21.3 Å². The van der Waals surface area contributed by atoms with Crippen LogP contribution in [0.5, 0.6) is 0 Å². The topological polar surface area (TPSA) is 42.7 Å². The van der Waals surface area contributed by atoms with E-state index < -0.39 is 0 Å². The lowest BCUT2D eigenvalue weighted by Gasteiger charge is -2.12. The summed E-state index contributed by atoms with van der Waals surface area (Å²) in [5.41, 5.74) is 3.23. The van der Waals surface area contributed by atoms with Crippen molar-refractivity contribution in [3.8, 4) is 5.69 Å². The molecule has 0 atom stereocenters. The van der Waals surface area contributed by atoms with E-state index in [1.807, 2.05) is 24.0 Å². The molecule has 0 aliphatic heterocycles. The minimum Gasteiger partial charge on any atom is -0.312 e. The van der Waals surface area contributed by atoms with Gasteiger partial charge in [-0.15, -0.1) is 0 Å². The zero-order valence-electron chi connectivity index (χ0n) is 11.5. The zero-order chi connectivity index (χ0) is 13.8. The number of nitrogens with zero attached hydrogens (tertiary/aromatic N) is 3. The van der Waals surface area contributed by atoms with E-state index in [9.17, 15) is 0 Å². The molecule has 0 spiro atoms. The van der Waals surface area contributed by atoms with Crippen molar-refractivity contribution in [2.75, 3.05) is 6.54 Å². The normalized spacial score (nSPS) is 11.2. The average Bonchev–Trinajstić information content (AvgIpc) is 2.77. The predicted octanol–water partition coefficient (Wildman–Crippen LogP) is 3.08. The molecule has 0 bridgehead atoms. The second-order valence-corrected chi connectivity index (χ2v) is 6.00. The number of aryl methyl sites for hydroxylation is 1.